The Balaban J connectivity index is 2.62. The van der Waals surface area contributed by atoms with Gasteiger partial charge in [-0.1, -0.05) is 23.2 Å². The van der Waals surface area contributed by atoms with E-state index in [-0.39, 0.29) is 21.7 Å². The van der Waals surface area contributed by atoms with Crippen LogP contribution in [0.25, 0.3) is 5.69 Å². The number of benzene rings is 1. The molecule has 2 N–H and O–H groups in total. The van der Waals surface area contributed by atoms with Gasteiger partial charge in [-0.2, -0.15) is 22.8 Å². The highest BCUT2D eigenvalue weighted by atomic mass is 35.5. The Hall–Kier alpha value is -1.47. The third-order valence-corrected chi connectivity index (χ3v) is 2.66. The van der Waals surface area contributed by atoms with Crippen LogP contribution in [0.1, 0.15) is 5.56 Å². The van der Waals surface area contributed by atoms with Gasteiger partial charge in [0.05, 0.1) is 15.6 Å². The molecule has 9 heteroatoms. The molecule has 18 heavy (non-hydrogen) atoms. The average Bonchev–Trinajstić information content (AvgIpc) is 2.62. The van der Waals surface area contributed by atoms with Crippen LogP contribution >= 0.6 is 23.2 Å². The van der Waals surface area contributed by atoms with Crippen molar-refractivity contribution in [1.29, 1.82) is 0 Å². The van der Waals surface area contributed by atoms with Gasteiger partial charge in [-0.15, -0.1) is 5.10 Å². The molecule has 0 amide bonds. The van der Waals surface area contributed by atoms with Gasteiger partial charge in [0.2, 0.25) is 12.3 Å². The van der Waals surface area contributed by atoms with Crippen LogP contribution in [0, 0.1) is 6.33 Å². The van der Waals surface area contributed by atoms with Crippen molar-refractivity contribution >= 4 is 29.2 Å². The summed E-state index contributed by atoms with van der Waals surface area (Å²) in [5.74, 6) is -0.0847. The summed E-state index contributed by atoms with van der Waals surface area (Å²) in [7, 11) is 0. The van der Waals surface area contributed by atoms with Gasteiger partial charge in [-0.3, -0.25) is 0 Å². The second-order valence-corrected chi connectivity index (χ2v) is 4.08. The summed E-state index contributed by atoms with van der Waals surface area (Å²) in [5, 5.41) is 3.13. The Morgan fingerprint density at radius 2 is 1.78 bits per heavy atom. The van der Waals surface area contributed by atoms with E-state index in [1.165, 1.54) is 0 Å². The molecule has 95 valence electrons. The molecule has 2 aromatic rings. The summed E-state index contributed by atoms with van der Waals surface area (Å²) in [6.07, 6.45) is -2.34. The molecule has 0 fully saturated rings. The van der Waals surface area contributed by atoms with Gasteiger partial charge in [0.25, 0.3) is 0 Å². The van der Waals surface area contributed by atoms with Crippen LogP contribution in [0.5, 0.6) is 0 Å². The molecule has 1 aromatic carbocycles. The maximum Gasteiger partial charge on any atom is 0.416 e. The lowest BCUT2D eigenvalue weighted by molar-refractivity contribution is -0.137. The van der Waals surface area contributed by atoms with E-state index in [2.05, 4.69) is 16.4 Å². The van der Waals surface area contributed by atoms with Crippen molar-refractivity contribution in [1.82, 2.24) is 14.8 Å². The first kappa shape index (κ1) is 13.0. The van der Waals surface area contributed by atoms with Gasteiger partial charge in [-0.05, 0) is 12.1 Å². The highest BCUT2D eigenvalue weighted by molar-refractivity contribution is 6.37. The second-order valence-electron chi connectivity index (χ2n) is 3.27. The summed E-state index contributed by atoms with van der Waals surface area (Å²) in [6.45, 7) is 0. The van der Waals surface area contributed by atoms with E-state index in [0.29, 0.717) is 0 Å². The molecule has 0 aliphatic rings. The summed E-state index contributed by atoms with van der Waals surface area (Å²) >= 11 is 11.5. The minimum absolute atomic E-state index is 0.0255. The van der Waals surface area contributed by atoms with E-state index in [1.54, 1.807) is 0 Å². The maximum absolute atomic E-state index is 12.5. The smallest absolute Gasteiger partial charge is 0.368 e. The quantitative estimate of drug-likeness (QED) is 0.880. The maximum atomic E-state index is 12.5. The molecule has 1 heterocycles. The van der Waals surface area contributed by atoms with Crippen LogP contribution in [0.2, 0.25) is 10.0 Å². The minimum atomic E-state index is -4.54. The van der Waals surface area contributed by atoms with Crippen LogP contribution in [0.4, 0.5) is 19.1 Å². The Labute approximate surface area is 109 Å². The number of anilines is 1. The van der Waals surface area contributed by atoms with E-state index in [4.69, 9.17) is 28.9 Å². The van der Waals surface area contributed by atoms with Gasteiger partial charge in [-0.25, -0.2) is 0 Å². The molecule has 1 radical (unpaired) electrons. The summed E-state index contributed by atoms with van der Waals surface area (Å²) < 4.78 is 38.6. The zero-order valence-electron chi connectivity index (χ0n) is 8.46. The number of hydrogen-bond acceptors (Lipinski definition) is 3. The molecule has 0 saturated carbocycles. The minimum Gasteiger partial charge on any atom is -0.368 e. The molecule has 2 rings (SSSR count). The molecule has 0 bridgehead atoms. The van der Waals surface area contributed by atoms with Crippen molar-refractivity contribution in [2.45, 2.75) is 6.18 Å². The van der Waals surface area contributed by atoms with Crippen LogP contribution in [-0.4, -0.2) is 14.8 Å². The van der Waals surface area contributed by atoms with Crippen molar-refractivity contribution in [3.63, 3.8) is 0 Å². The third kappa shape index (κ3) is 2.23. The van der Waals surface area contributed by atoms with E-state index >= 15 is 0 Å². The van der Waals surface area contributed by atoms with Crippen LogP contribution in [0.3, 0.4) is 0 Å². The number of nitrogen functional groups attached to an aromatic ring is 1. The molecule has 0 spiro atoms. The number of nitrogens with two attached hydrogens (primary N) is 1. The van der Waals surface area contributed by atoms with Crippen LogP contribution in [-0.2, 0) is 6.18 Å². The Morgan fingerprint density at radius 1 is 1.22 bits per heavy atom. The molecule has 0 saturated heterocycles. The number of nitrogens with zero attached hydrogens (tertiary/aromatic N) is 3. The standard InChI is InChI=1S/C9H4Cl2F3N4/c10-5-1-4(9(12,13)14)2-6(11)7(5)18-8(15)16-3-17-18/h1-2H,(H2,15,16,17). The van der Waals surface area contributed by atoms with Crippen molar-refractivity contribution < 1.29 is 13.2 Å². The van der Waals surface area contributed by atoms with Gasteiger partial charge in [0.15, 0.2) is 0 Å². The SMILES string of the molecule is Nc1n[c]nn1-c1c(Cl)cc(C(F)(F)F)cc1Cl. The van der Waals surface area contributed by atoms with E-state index < -0.39 is 11.7 Å². The van der Waals surface area contributed by atoms with Crippen molar-refractivity contribution in [2.24, 2.45) is 0 Å². The number of alkyl halides is 3. The average molecular weight is 296 g/mol. The topological polar surface area (TPSA) is 56.7 Å². The number of hydrogen-bond donors (Lipinski definition) is 1. The van der Waals surface area contributed by atoms with Gasteiger partial charge < -0.3 is 5.73 Å². The fourth-order valence-electron chi connectivity index (χ4n) is 1.31. The highest BCUT2D eigenvalue weighted by Crippen LogP contribution is 2.37. The summed E-state index contributed by atoms with van der Waals surface area (Å²) in [5.41, 5.74) is 4.52. The predicted molar refractivity (Wildman–Crippen MR) is 59.6 cm³/mol. The molecule has 0 atom stereocenters. The monoisotopic (exact) mass is 295 g/mol. The molecular weight excluding hydrogens is 292 g/mol. The lowest BCUT2D eigenvalue weighted by atomic mass is 10.2. The number of halogens is 5. The van der Waals surface area contributed by atoms with E-state index in [0.717, 1.165) is 16.8 Å². The first-order valence-corrected chi connectivity index (χ1v) is 5.21. The number of aromatic nitrogens is 3. The first-order valence-electron chi connectivity index (χ1n) is 4.46. The van der Waals surface area contributed by atoms with Crippen molar-refractivity contribution in [3.05, 3.63) is 34.1 Å². The third-order valence-electron chi connectivity index (χ3n) is 2.08. The van der Waals surface area contributed by atoms with Gasteiger partial charge in [0, 0.05) is 0 Å². The van der Waals surface area contributed by atoms with Crippen molar-refractivity contribution in [2.75, 3.05) is 5.73 Å². The largest absolute Gasteiger partial charge is 0.416 e. The molecule has 1 aromatic heterocycles. The zero-order valence-corrected chi connectivity index (χ0v) is 9.98. The first-order chi connectivity index (χ1) is 8.30. The van der Waals surface area contributed by atoms with Crippen LogP contribution < -0.4 is 5.73 Å². The van der Waals surface area contributed by atoms with E-state index in [1.807, 2.05) is 0 Å². The van der Waals surface area contributed by atoms with Gasteiger partial charge >= 0.3 is 6.18 Å². The van der Waals surface area contributed by atoms with E-state index in [9.17, 15) is 13.2 Å². The fraction of sp³-hybridized carbons (Fsp3) is 0.111. The zero-order chi connectivity index (χ0) is 13.5. The molecule has 0 unspecified atom stereocenters. The Kier molecular flexibility index (Phi) is 3.12. The molecular formula is C9H4Cl2F3N4. The molecule has 4 nitrogen and oxygen atoms in total. The van der Waals surface area contributed by atoms with Crippen LogP contribution in [0.15, 0.2) is 12.1 Å². The lowest BCUT2D eigenvalue weighted by Gasteiger charge is -2.12. The second kappa shape index (κ2) is 4.33. The Bertz CT molecular complexity index is 571. The molecule has 0 aliphatic heterocycles. The summed E-state index contributed by atoms with van der Waals surface area (Å²) in [6, 6.07) is 1.48. The van der Waals surface area contributed by atoms with Gasteiger partial charge in [0.1, 0.15) is 5.69 Å². The normalized spacial score (nSPS) is 11.8. The highest BCUT2D eigenvalue weighted by Gasteiger charge is 2.32. The fourth-order valence-corrected chi connectivity index (χ4v) is 1.96. The summed E-state index contributed by atoms with van der Waals surface area (Å²) in [4.78, 5) is 3.51. The van der Waals surface area contributed by atoms with Crippen molar-refractivity contribution in [3.8, 4) is 5.69 Å². The lowest BCUT2D eigenvalue weighted by Crippen LogP contribution is -2.08. The predicted octanol–water partition coefficient (Wildman–Crippen LogP) is 2.98. The molecule has 0 aliphatic carbocycles. The Morgan fingerprint density at radius 3 is 2.17 bits per heavy atom. The number of rotatable bonds is 1.